The van der Waals surface area contributed by atoms with Crippen LogP contribution in [0.4, 0.5) is 0 Å². The van der Waals surface area contributed by atoms with Gasteiger partial charge >= 0.3 is 5.97 Å². The summed E-state index contributed by atoms with van der Waals surface area (Å²) in [5.41, 5.74) is 1.50. The lowest BCUT2D eigenvalue weighted by atomic mass is 10.1. The Bertz CT molecular complexity index is 371. The van der Waals surface area contributed by atoms with Crippen LogP contribution in [0.1, 0.15) is 11.1 Å². The molecular formula is C11H14O4. The van der Waals surface area contributed by atoms with Crippen molar-refractivity contribution in [1.29, 1.82) is 0 Å². The fraction of sp³-hybridized carbons (Fsp3) is 0.364. The first-order chi connectivity index (χ1) is 7.08. The third kappa shape index (κ3) is 2.62. The van der Waals surface area contributed by atoms with Crippen LogP contribution in [0.5, 0.6) is 11.5 Å². The van der Waals surface area contributed by atoms with E-state index < -0.39 is 5.97 Å². The van der Waals surface area contributed by atoms with Gasteiger partial charge in [0, 0.05) is 5.56 Å². The van der Waals surface area contributed by atoms with Gasteiger partial charge in [-0.2, -0.15) is 0 Å². The molecule has 0 saturated heterocycles. The summed E-state index contributed by atoms with van der Waals surface area (Å²) < 4.78 is 10.2. The summed E-state index contributed by atoms with van der Waals surface area (Å²) >= 11 is 0. The molecule has 4 heteroatoms. The van der Waals surface area contributed by atoms with Crippen molar-refractivity contribution >= 4 is 5.97 Å². The molecule has 0 atom stereocenters. The molecule has 15 heavy (non-hydrogen) atoms. The van der Waals surface area contributed by atoms with E-state index in [1.165, 1.54) is 7.11 Å². The van der Waals surface area contributed by atoms with Gasteiger partial charge in [0.2, 0.25) is 0 Å². The van der Waals surface area contributed by atoms with E-state index >= 15 is 0 Å². The lowest BCUT2D eigenvalue weighted by Gasteiger charge is -2.12. The number of benzene rings is 1. The fourth-order valence-electron chi connectivity index (χ4n) is 1.52. The topological polar surface area (TPSA) is 55.8 Å². The molecular weight excluding hydrogens is 196 g/mol. The predicted octanol–water partition coefficient (Wildman–Crippen LogP) is 1.64. The highest BCUT2D eigenvalue weighted by atomic mass is 16.5. The Hall–Kier alpha value is -1.71. The Morgan fingerprint density at radius 1 is 1.33 bits per heavy atom. The molecule has 0 amide bonds. The summed E-state index contributed by atoms with van der Waals surface area (Å²) in [6.45, 7) is 1.85. The maximum atomic E-state index is 10.7. The van der Waals surface area contributed by atoms with Crippen LogP contribution in [0.25, 0.3) is 0 Å². The van der Waals surface area contributed by atoms with E-state index in [2.05, 4.69) is 0 Å². The number of aryl methyl sites for hydroxylation is 1. The van der Waals surface area contributed by atoms with Crippen molar-refractivity contribution in [2.75, 3.05) is 14.2 Å². The minimum Gasteiger partial charge on any atom is -0.497 e. The molecule has 0 aromatic heterocycles. The molecule has 0 spiro atoms. The van der Waals surface area contributed by atoms with Crippen LogP contribution in [-0.2, 0) is 11.2 Å². The molecule has 1 rings (SSSR count). The summed E-state index contributed by atoms with van der Waals surface area (Å²) in [7, 11) is 3.08. The molecule has 0 radical (unpaired) electrons. The highest BCUT2D eigenvalue weighted by Gasteiger charge is 2.12. The van der Waals surface area contributed by atoms with Crippen molar-refractivity contribution in [3.63, 3.8) is 0 Å². The molecule has 1 aromatic rings. The van der Waals surface area contributed by atoms with Gasteiger partial charge in [0.1, 0.15) is 11.5 Å². The zero-order valence-electron chi connectivity index (χ0n) is 9.03. The van der Waals surface area contributed by atoms with Crippen LogP contribution in [-0.4, -0.2) is 25.3 Å². The Morgan fingerprint density at radius 2 is 2.00 bits per heavy atom. The van der Waals surface area contributed by atoms with Crippen molar-refractivity contribution in [3.05, 3.63) is 23.3 Å². The molecule has 0 aliphatic rings. The Balaban J connectivity index is 3.19. The number of methoxy groups -OCH3 is 2. The van der Waals surface area contributed by atoms with Crippen LogP contribution in [0.2, 0.25) is 0 Å². The Labute approximate surface area is 88.4 Å². The van der Waals surface area contributed by atoms with E-state index in [0.29, 0.717) is 17.1 Å². The van der Waals surface area contributed by atoms with Crippen LogP contribution >= 0.6 is 0 Å². The van der Waals surface area contributed by atoms with Crippen LogP contribution < -0.4 is 9.47 Å². The molecule has 4 nitrogen and oxygen atoms in total. The van der Waals surface area contributed by atoms with Gasteiger partial charge in [-0.1, -0.05) is 0 Å². The minimum absolute atomic E-state index is 0.0682. The summed E-state index contributed by atoms with van der Waals surface area (Å²) in [5, 5.41) is 8.74. The Kier molecular flexibility index (Phi) is 3.55. The smallest absolute Gasteiger partial charge is 0.307 e. The van der Waals surface area contributed by atoms with E-state index in [4.69, 9.17) is 14.6 Å². The van der Waals surface area contributed by atoms with Gasteiger partial charge in [-0.05, 0) is 24.6 Å². The number of hydrogen-bond donors (Lipinski definition) is 1. The number of aliphatic carboxylic acids is 1. The van der Waals surface area contributed by atoms with E-state index in [1.54, 1.807) is 13.2 Å². The minimum atomic E-state index is -0.888. The Morgan fingerprint density at radius 3 is 2.47 bits per heavy atom. The van der Waals surface area contributed by atoms with Crippen molar-refractivity contribution < 1.29 is 19.4 Å². The van der Waals surface area contributed by atoms with Gasteiger partial charge < -0.3 is 14.6 Å². The first kappa shape index (κ1) is 11.4. The summed E-state index contributed by atoms with van der Waals surface area (Å²) in [5.74, 6) is 0.365. The molecule has 0 saturated carbocycles. The number of carbonyl (C=O) groups is 1. The van der Waals surface area contributed by atoms with Gasteiger partial charge in [-0.3, -0.25) is 4.79 Å². The normalized spacial score (nSPS) is 9.80. The van der Waals surface area contributed by atoms with E-state index in [0.717, 1.165) is 5.56 Å². The highest BCUT2D eigenvalue weighted by Crippen LogP contribution is 2.29. The molecule has 0 aliphatic heterocycles. The lowest BCUT2D eigenvalue weighted by Crippen LogP contribution is -2.04. The second-order valence-corrected chi connectivity index (χ2v) is 3.21. The molecule has 1 N–H and O–H groups in total. The van der Waals surface area contributed by atoms with Crippen molar-refractivity contribution in [2.24, 2.45) is 0 Å². The number of hydrogen-bond acceptors (Lipinski definition) is 3. The molecule has 82 valence electrons. The molecule has 0 aliphatic carbocycles. The first-order valence-corrected chi connectivity index (χ1v) is 4.51. The SMILES string of the molecule is COc1cc(C)c(OC)c(CC(=O)O)c1. The van der Waals surface area contributed by atoms with Crippen molar-refractivity contribution in [2.45, 2.75) is 13.3 Å². The van der Waals surface area contributed by atoms with Gasteiger partial charge in [0.05, 0.1) is 20.6 Å². The molecule has 0 unspecified atom stereocenters. The fourth-order valence-corrected chi connectivity index (χ4v) is 1.52. The van der Waals surface area contributed by atoms with Crippen molar-refractivity contribution in [1.82, 2.24) is 0 Å². The zero-order chi connectivity index (χ0) is 11.4. The lowest BCUT2D eigenvalue weighted by molar-refractivity contribution is -0.136. The summed E-state index contributed by atoms with van der Waals surface area (Å²) in [4.78, 5) is 10.7. The standard InChI is InChI=1S/C11H14O4/c1-7-4-9(14-2)5-8(6-10(12)13)11(7)15-3/h4-5H,6H2,1-3H3,(H,12,13). The van der Waals surface area contributed by atoms with Gasteiger partial charge in [0.25, 0.3) is 0 Å². The molecule has 1 aromatic carbocycles. The number of carboxylic acid groups (broad SMARTS) is 1. The van der Waals surface area contributed by atoms with Crippen LogP contribution in [0.15, 0.2) is 12.1 Å². The largest absolute Gasteiger partial charge is 0.497 e. The first-order valence-electron chi connectivity index (χ1n) is 4.51. The second kappa shape index (κ2) is 4.68. The van der Waals surface area contributed by atoms with Gasteiger partial charge in [-0.15, -0.1) is 0 Å². The third-order valence-electron chi connectivity index (χ3n) is 2.11. The maximum absolute atomic E-state index is 10.7. The monoisotopic (exact) mass is 210 g/mol. The highest BCUT2D eigenvalue weighted by molar-refractivity contribution is 5.72. The second-order valence-electron chi connectivity index (χ2n) is 3.21. The number of ether oxygens (including phenoxy) is 2. The summed E-state index contributed by atoms with van der Waals surface area (Å²) in [6.07, 6.45) is -0.0682. The maximum Gasteiger partial charge on any atom is 0.307 e. The van der Waals surface area contributed by atoms with E-state index in [9.17, 15) is 4.79 Å². The number of rotatable bonds is 4. The molecule has 0 bridgehead atoms. The number of carboxylic acids is 1. The van der Waals surface area contributed by atoms with E-state index in [1.807, 2.05) is 13.0 Å². The van der Waals surface area contributed by atoms with Gasteiger partial charge in [-0.25, -0.2) is 0 Å². The predicted molar refractivity (Wildman–Crippen MR) is 55.6 cm³/mol. The van der Waals surface area contributed by atoms with Crippen LogP contribution in [0.3, 0.4) is 0 Å². The molecule has 0 fully saturated rings. The van der Waals surface area contributed by atoms with Crippen LogP contribution in [0, 0.1) is 6.92 Å². The third-order valence-corrected chi connectivity index (χ3v) is 2.11. The van der Waals surface area contributed by atoms with Crippen molar-refractivity contribution in [3.8, 4) is 11.5 Å². The summed E-state index contributed by atoms with van der Waals surface area (Å²) in [6, 6.07) is 3.49. The average Bonchev–Trinajstić information content (AvgIpc) is 2.16. The quantitative estimate of drug-likeness (QED) is 0.820. The van der Waals surface area contributed by atoms with E-state index in [-0.39, 0.29) is 6.42 Å². The molecule has 0 heterocycles. The van der Waals surface area contributed by atoms with Gasteiger partial charge in [0.15, 0.2) is 0 Å². The average molecular weight is 210 g/mol. The zero-order valence-corrected chi connectivity index (χ0v) is 9.03.